The lowest BCUT2D eigenvalue weighted by Gasteiger charge is -2.16. The molecular formula is C7H12O2. The van der Waals surface area contributed by atoms with Gasteiger partial charge in [-0.3, -0.25) is 0 Å². The Morgan fingerprint density at radius 1 is 1.33 bits per heavy atom. The van der Waals surface area contributed by atoms with Gasteiger partial charge in [0.15, 0.2) is 0 Å². The Kier molecular flexibility index (Phi) is 1.24. The molecule has 2 unspecified atom stereocenters. The molecule has 0 aromatic rings. The van der Waals surface area contributed by atoms with Crippen LogP contribution in [-0.2, 0) is 9.47 Å². The van der Waals surface area contributed by atoms with Gasteiger partial charge in [0, 0.05) is 13.5 Å². The van der Waals surface area contributed by atoms with Gasteiger partial charge in [-0.2, -0.15) is 0 Å². The molecule has 0 radical (unpaired) electrons. The van der Waals surface area contributed by atoms with Gasteiger partial charge in [0.05, 0.1) is 18.3 Å². The number of hydrogen-bond acceptors (Lipinski definition) is 2. The zero-order valence-corrected chi connectivity index (χ0v) is 5.67. The van der Waals surface area contributed by atoms with Crippen LogP contribution in [0.15, 0.2) is 0 Å². The van der Waals surface area contributed by atoms with Crippen LogP contribution in [-0.4, -0.2) is 25.4 Å². The lowest BCUT2D eigenvalue weighted by atomic mass is 9.98. The van der Waals surface area contributed by atoms with Crippen molar-refractivity contribution in [3.05, 3.63) is 0 Å². The van der Waals surface area contributed by atoms with E-state index in [-0.39, 0.29) is 0 Å². The Morgan fingerprint density at radius 2 is 2.22 bits per heavy atom. The summed E-state index contributed by atoms with van der Waals surface area (Å²) in [7, 11) is 1.79. The summed E-state index contributed by atoms with van der Waals surface area (Å²) in [5, 5.41) is 0. The van der Waals surface area contributed by atoms with E-state index < -0.39 is 0 Å². The van der Waals surface area contributed by atoms with E-state index in [1.54, 1.807) is 7.11 Å². The molecule has 2 fully saturated rings. The molecular weight excluding hydrogens is 116 g/mol. The van der Waals surface area contributed by atoms with E-state index in [0.29, 0.717) is 18.3 Å². The smallest absolute Gasteiger partial charge is 0.0866 e. The molecule has 2 rings (SSSR count). The lowest BCUT2D eigenvalue weighted by Crippen LogP contribution is -2.19. The number of ether oxygens (including phenoxy) is 2. The molecule has 1 saturated heterocycles. The molecule has 0 N–H and O–H groups in total. The van der Waals surface area contributed by atoms with E-state index >= 15 is 0 Å². The molecule has 2 heteroatoms. The molecule has 0 aromatic carbocycles. The number of hydrogen-bond donors (Lipinski definition) is 0. The highest BCUT2D eigenvalue weighted by Crippen LogP contribution is 2.37. The Balaban J connectivity index is 1.86. The second kappa shape index (κ2) is 1.96. The third-order valence-electron chi connectivity index (χ3n) is 2.29. The summed E-state index contributed by atoms with van der Waals surface area (Å²) < 4.78 is 10.5. The Bertz CT molecular complexity index is 113. The van der Waals surface area contributed by atoms with E-state index in [9.17, 15) is 0 Å². The first-order chi connectivity index (χ1) is 4.40. The number of epoxide rings is 1. The predicted molar refractivity (Wildman–Crippen MR) is 33.3 cm³/mol. The maximum atomic E-state index is 5.33. The average molecular weight is 128 g/mol. The minimum atomic E-state index is 0.480. The Morgan fingerprint density at radius 3 is 2.89 bits per heavy atom. The fourth-order valence-corrected chi connectivity index (χ4v) is 1.58. The second-order valence-corrected chi connectivity index (χ2v) is 2.88. The van der Waals surface area contributed by atoms with E-state index in [0.717, 1.165) is 6.42 Å². The van der Waals surface area contributed by atoms with Crippen molar-refractivity contribution in [1.29, 1.82) is 0 Å². The maximum absolute atomic E-state index is 5.33. The van der Waals surface area contributed by atoms with Crippen LogP contribution in [0.4, 0.5) is 0 Å². The molecule has 0 spiro atoms. The molecule has 3 atom stereocenters. The summed E-state index contributed by atoms with van der Waals surface area (Å²) in [5.74, 6) is 0. The molecule has 0 bridgehead atoms. The summed E-state index contributed by atoms with van der Waals surface area (Å²) in [4.78, 5) is 0. The number of fused-ring (bicyclic) bond motifs is 1. The fourth-order valence-electron chi connectivity index (χ4n) is 1.58. The van der Waals surface area contributed by atoms with Crippen LogP contribution in [0.5, 0.6) is 0 Å². The van der Waals surface area contributed by atoms with Crippen molar-refractivity contribution in [3.8, 4) is 0 Å². The topological polar surface area (TPSA) is 21.8 Å². The van der Waals surface area contributed by atoms with Gasteiger partial charge in [-0.1, -0.05) is 0 Å². The largest absolute Gasteiger partial charge is 0.381 e. The summed E-state index contributed by atoms with van der Waals surface area (Å²) >= 11 is 0. The molecule has 52 valence electrons. The van der Waals surface area contributed by atoms with Crippen LogP contribution in [0.25, 0.3) is 0 Å². The van der Waals surface area contributed by atoms with Gasteiger partial charge in [-0.05, 0) is 12.8 Å². The van der Waals surface area contributed by atoms with Crippen molar-refractivity contribution in [2.45, 2.75) is 37.6 Å². The van der Waals surface area contributed by atoms with Gasteiger partial charge in [0.1, 0.15) is 0 Å². The van der Waals surface area contributed by atoms with E-state index in [1.165, 1.54) is 12.8 Å². The first-order valence-electron chi connectivity index (χ1n) is 3.58. The summed E-state index contributed by atoms with van der Waals surface area (Å²) in [5.41, 5.74) is 0. The Labute approximate surface area is 55.1 Å². The lowest BCUT2D eigenvalue weighted by molar-refractivity contribution is 0.0770. The highest BCUT2D eigenvalue weighted by atomic mass is 16.6. The summed E-state index contributed by atoms with van der Waals surface area (Å²) in [6.45, 7) is 0. The first kappa shape index (κ1) is 5.69. The van der Waals surface area contributed by atoms with Gasteiger partial charge < -0.3 is 9.47 Å². The third kappa shape index (κ3) is 0.970. The van der Waals surface area contributed by atoms with Crippen LogP contribution in [0.2, 0.25) is 0 Å². The second-order valence-electron chi connectivity index (χ2n) is 2.88. The van der Waals surface area contributed by atoms with E-state index in [1.807, 2.05) is 0 Å². The molecule has 0 amide bonds. The van der Waals surface area contributed by atoms with Crippen molar-refractivity contribution >= 4 is 0 Å². The highest BCUT2D eigenvalue weighted by Gasteiger charge is 2.43. The van der Waals surface area contributed by atoms with Crippen molar-refractivity contribution < 1.29 is 9.47 Å². The van der Waals surface area contributed by atoms with Gasteiger partial charge in [0.25, 0.3) is 0 Å². The SMILES string of the molecule is CO[C@@H]1CCC2OC2C1. The quantitative estimate of drug-likeness (QED) is 0.490. The van der Waals surface area contributed by atoms with Gasteiger partial charge in [-0.25, -0.2) is 0 Å². The number of methoxy groups -OCH3 is 1. The minimum Gasteiger partial charge on any atom is -0.381 e. The van der Waals surface area contributed by atoms with Crippen LogP contribution in [0.3, 0.4) is 0 Å². The van der Waals surface area contributed by atoms with Crippen LogP contribution >= 0.6 is 0 Å². The molecule has 1 saturated carbocycles. The normalized spacial score (nSPS) is 48.3. The number of rotatable bonds is 1. The zero-order valence-electron chi connectivity index (χ0n) is 5.67. The zero-order chi connectivity index (χ0) is 6.27. The summed E-state index contributed by atoms with van der Waals surface area (Å²) in [6, 6.07) is 0. The van der Waals surface area contributed by atoms with Crippen molar-refractivity contribution in [2.24, 2.45) is 0 Å². The molecule has 1 aliphatic carbocycles. The van der Waals surface area contributed by atoms with Crippen LogP contribution in [0, 0.1) is 0 Å². The average Bonchev–Trinajstić information content (AvgIpc) is 2.64. The van der Waals surface area contributed by atoms with Crippen LogP contribution in [0.1, 0.15) is 19.3 Å². The first-order valence-corrected chi connectivity index (χ1v) is 3.58. The van der Waals surface area contributed by atoms with Gasteiger partial charge in [0.2, 0.25) is 0 Å². The summed E-state index contributed by atoms with van der Waals surface area (Å²) in [6.07, 6.45) is 5.18. The molecule has 0 aromatic heterocycles. The van der Waals surface area contributed by atoms with Crippen molar-refractivity contribution in [2.75, 3.05) is 7.11 Å². The molecule has 2 nitrogen and oxygen atoms in total. The van der Waals surface area contributed by atoms with Crippen LogP contribution < -0.4 is 0 Å². The van der Waals surface area contributed by atoms with Crippen molar-refractivity contribution in [3.63, 3.8) is 0 Å². The molecule has 1 aliphatic heterocycles. The Hall–Kier alpha value is -0.0800. The fraction of sp³-hybridized carbons (Fsp3) is 1.00. The van der Waals surface area contributed by atoms with E-state index in [2.05, 4.69) is 0 Å². The highest BCUT2D eigenvalue weighted by molar-refractivity contribution is 4.92. The van der Waals surface area contributed by atoms with Crippen molar-refractivity contribution in [1.82, 2.24) is 0 Å². The minimum absolute atomic E-state index is 0.480. The molecule has 2 aliphatic rings. The molecule has 1 heterocycles. The molecule has 9 heavy (non-hydrogen) atoms. The van der Waals surface area contributed by atoms with Gasteiger partial charge in [-0.15, -0.1) is 0 Å². The van der Waals surface area contributed by atoms with Gasteiger partial charge >= 0.3 is 0 Å². The maximum Gasteiger partial charge on any atom is 0.0866 e. The standard InChI is InChI=1S/C7H12O2/c1-8-5-2-3-6-7(4-5)9-6/h5-7H,2-4H2,1H3/t5-,6?,7?/m1/s1. The van der Waals surface area contributed by atoms with E-state index in [4.69, 9.17) is 9.47 Å². The monoisotopic (exact) mass is 128 g/mol. The predicted octanol–water partition coefficient (Wildman–Crippen LogP) is 0.953. The third-order valence-corrected chi connectivity index (χ3v) is 2.29.